The average Bonchev–Trinajstić information content (AvgIpc) is 3.51. The first kappa shape index (κ1) is 53.6. The molecular weight excluding hydrogens is 969 g/mol. The zero-order valence-electron chi connectivity index (χ0n) is 44.7. The van der Waals surface area contributed by atoms with Gasteiger partial charge < -0.3 is 72.8 Å². The molecule has 16 heteroatoms. The van der Waals surface area contributed by atoms with Gasteiger partial charge in [0.05, 0.1) is 42.7 Å². The quantitative estimate of drug-likeness (QED) is 0.149. The Bertz CT molecular complexity index is 2590. The summed E-state index contributed by atoms with van der Waals surface area (Å²) in [7, 11) is 9.99. The van der Waals surface area contributed by atoms with Crippen LogP contribution < -0.4 is 72.8 Å². The van der Waals surface area contributed by atoms with Crippen molar-refractivity contribution in [2.45, 2.75) is 38.9 Å². The Morgan fingerprint density at radius 3 is 0.842 bits per heavy atom. The van der Waals surface area contributed by atoms with Crippen molar-refractivity contribution in [1.29, 1.82) is 0 Å². The van der Waals surface area contributed by atoms with Crippen molar-refractivity contribution in [3.63, 3.8) is 0 Å². The lowest BCUT2D eigenvalue weighted by atomic mass is 9.94. The fraction of sp³-hybridized carbons (Fsp3) is 0.400. The van der Waals surface area contributed by atoms with Gasteiger partial charge in [-0.05, 0) is 142 Å². The van der Waals surface area contributed by atoms with E-state index in [4.69, 9.17) is 56.8 Å². The summed E-state index contributed by atoms with van der Waals surface area (Å²) in [6.45, 7) is 8.57. The Morgan fingerprint density at radius 1 is 0.316 bits per heavy atom. The van der Waals surface area contributed by atoms with Gasteiger partial charge in [-0.3, -0.25) is 4.90 Å². The lowest BCUT2D eigenvalue weighted by Crippen LogP contribution is -2.40. The number of hydrogen-bond donors (Lipinski definition) is 3. The van der Waals surface area contributed by atoms with Gasteiger partial charge in [-0.1, -0.05) is 18.2 Å². The zero-order chi connectivity index (χ0) is 52.6. The molecule has 6 aromatic rings. The molecule has 16 nitrogen and oxygen atoms in total. The van der Waals surface area contributed by atoms with Crippen LogP contribution in [0.3, 0.4) is 0 Å². The van der Waals surface area contributed by atoms with Gasteiger partial charge in [-0.2, -0.15) is 0 Å². The van der Waals surface area contributed by atoms with E-state index < -0.39 is 0 Å². The molecular formula is C60H72N4O12. The van der Waals surface area contributed by atoms with Gasteiger partial charge in [-0.25, -0.2) is 0 Å². The van der Waals surface area contributed by atoms with Gasteiger partial charge in [-0.15, -0.1) is 0 Å². The van der Waals surface area contributed by atoms with Gasteiger partial charge in [0.1, 0.15) is 39.6 Å². The predicted molar refractivity (Wildman–Crippen MR) is 291 cm³/mol. The van der Waals surface area contributed by atoms with Crippen LogP contribution in [-0.2, 0) is 38.9 Å². The Labute approximate surface area is 446 Å². The van der Waals surface area contributed by atoms with Crippen LogP contribution in [0.25, 0.3) is 0 Å². The van der Waals surface area contributed by atoms with E-state index in [1.165, 1.54) is 0 Å². The number of ether oxygens (including phenoxy) is 12. The second-order valence-corrected chi connectivity index (χ2v) is 18.8. The van der Waals surface area contributed by atoms with Gasteiger partial charge >= 0.3 is 0 Å². The van der Waals surface area contributed by atoms with E-state index >= 15 is 0 Å². The van der Waals surface area contributed by atoms with Crippen molar-refractivity contribution >= 4 is 0 Å². The molecule has 18 aliphatic rings. The molecule has 404 valence electrons. The Morgan fingerprint density at radius 2 is 0.566 bits per heavy atom. The monoisotopic (exact) mass is 1040 g/mol. The highest BCUT2D eigenvalue weighted by Crippen LogP contribution is 2.41. The summed E-state index contributed by atoms with van der Waals surface area (Å²) in [4.78, 5) is 2.46. The normalized spacial score (nSPS) is 16.0. The first-order chi connectivity index (χ1) is 37.3. The van der Waals surface area contributed by atoms with Gasteiger partial charge in [0, 0.05) is 58.9 Å². The lowest BCUT2D eigenvalue weighted by Gasteiger charge is -2.23. The summed E-state index contributed by atoms with van der Waals surface area (Å²) in [6, 6.07) is 30.6. The third-order valence-corrected chi connectivity index (χ3v) is 13.9. The third kappa shape index (κ3) is 13.6. The molecule has 3 N–H and O–H groups in total. The summed E-state index contributed by atoms with van der Waals surface area (Å²) in [5, 5.41) is 11.0. The van der Waals surface area contributed by atoms with E-state index in [9.17, 15) is 0 Å². The predicted octanol–water partition coefficient (Wildman–Crippen LogP) is 7.80. The molecule has 0 saturated heterocycles. The number of rotatable bonds is 6. The molecule has 0 amide bonds. The maximum atomic E-state index is 6.50. The van der Waals surface area contributed by atoms with Crippen LogP contribution in [0.4, 0.5) is 0 Å². The molecule has 0 saturated carbocycles. The van der Waals surface area contributed by atoms with Crippen molar-refractivity contribution in [2.75, 3.05) is 122 Å². The number of benzene rings is 6. The molecule has 16 bridgehead atoms. The fourth-order valence-electron chi connectivity index (χ4n) is 9.83. The molecule has 0 aromatic heterocycles. The second-order valence-electron chi connectivity index (χ2n) is 18.8. The molecule has 0 atom stereocenters. The highest BCUT2D eigenvalue weighted by Gasteiger charge is 2.24. The van der Waals surface area contributed by atoms with Crippen LogP contribution >= 0.6 is 0 Å². The summed E-state index contributed by atoms with van der Waals surface area (Å²) < 4.78 is 73.9. The Hall–Kier alpha value is -7.24. The topological polar surface area (TPSA) is 150 Å². The van der Waals surface area contributed by atoms with Gasteiger partial charge in [0.2, 0.25) is 0 Å². The maximum absolute atomic E-state index is 6.50. The van der Waals surface area contributed by atoms with E-state index in [1.807, 2.05) is 36.4 Å². The Balaban J connectivity index is 1.11. The summed E-state index contributed by atoms with van der Waals surface area (Å²) in [5.74, 6) is 7.56. The minimum Gasteiger partial charge on any atom is -0.493 e. The van der Waals surface area contributed by atoms with Gasteiger partial charge in [0.25, 0.3) is 0 Å². The van der Waals surface area contributed by atoms with Crippen molar-refractivity contribution < 1.29 is 56.8 Å². The van der Waals surface area contributed by atoms with E-state index in [1.54, 1.807) is 42.7 Å². The lowest BCUT2D eigenvalue weighted by molar-refractivity contribution is 0.206. The van der Waals surface area contributed by atoms with Gasteiger partial charge in [0.15, 0.2) is 69.0 Å². The summed E-state index contributed by atoms with van der Waals surface area (Å²) in [6.07, 6.45) is 1.74. The molecule has 0 radical (unpaired) electrons. The Kier molecular flexibility index (Phi) is 18.7. The fourth-order valence-corrected chi connectivity index (χ4v) is 9.83. The number of nitrogens with one attached hydrogen (secondary N) is 3. The number of nitrogens with zero attached hydrogens (tertiary/aromatic N) is 1. The molecule has 17 aliphatic heterocycles. The van der Waals surface area contributed by atoms with Crippen LogP contribution in [0.1, 0.15) is 50.1 Å². The van der Waals surface area contributed by atoms with Crippen molar-refractivity contribution in [2.24, 2.45) is 0 Å². The smallest absolute Gasteiger partial charge is 0.161 e. The van der Waals surface area contributed by atoms with Crippen LogP contribution in [-0.4, -0.2) is 126 Å². The van der Waals surface area contributed by atoms with E-state index in [0.717, 1.165) is 89.3 Å². The van der Waals surface area contributed by atoms with Crippen LogP contribution in [0.2, 0.25) is 0 Å². The van der Waals surface area contributed by atoms with Crippen molar-refractivity contribution in [1.82, 2.24) is 20.9 Å². The highest BCUT2D eigenvalue weighted by atomic mass is 16.6. The highest BCUT2D eigenvalue weighted by molar-refractivity contribution is 5.58. The van der Waals surface area contributed by atoms with Crippen molar-refractivity contribution in [3.05, 3.63) is 141 Å². The van der Waals surface area contributed by atoms with E-state index in [2.05, 4.69) is 75.4 Å². The first-order valence-corrected chi connectivity index (χ1v) is 26.1. The van der Waals surface area contributed by atoms with Crippen LogP contribution in [0.15, 0.2) is 91.0 Å². The van der Waals surface area contributed by atoms with E-state index in [0.29, 0.717) is 108 Å². The van der Waals surface area contributed by atoms with E-state index in [-0.39, 0.29) is 39.6 Å². The first-order valence-electron chi connectivity index (χ1n) is 26.1. The molecule has 0 fully saturated rings. The molecule has 17 heterocycles. The van der Waals surface area contributed by atoms with Crippen LogP contribution in [0.5, 0.6) is 69.0 Å². The number of hydrogen-bond acceptors (Lipinski definition) is 16. The molecule has 6 aromatic carbocycles. The molecule has 76 heavy (non-hydrogen) atoms. The molecule has 0 spiro atoms. The molecule has 1 aliphatic carbocycles. The van der Waals surface area contributed by atoms with Crippen LogP contribution in [0, 0.1) is 0 Å². The third-order valence-electron chi connectivity index (χ3n) is 13.9. The SMILES string of the molecule is COc1cc2ccc1OCCOc1cc3c(cc1OC)Cc1cc4c(OC)cc1Cc1cc(c(OC)cc1C3)OCCOc1ccc(cc1OC)CNCCN(CCNC2)CCNCc1ccc(c(OC)c1)OCCO4. The minimum atomic E-state index is 0.265. The summed E-state index contributed by atoms with van der Waals surface area (Å²) >= 11 is 0. The zero-order valence-corrected chi connectivity index (χ0v) is 44.7. The average molecular weight is 1040 g/mol. The standard InChI is InChI=1S/C60H72N4O12/c1-65-52-25-40-7-10-49(52)71-19-22-74-58-34-46-28-44-32-56(69-5)60-36-48(44)30-45-33-57(70-6)59(35-47(45)29-43(46)31-55(58)68-4)75-23-20-72-50-11-8-41(26-53(50)66-2)38-62-14-17-64(16-13-61-37-40)18-15-63-39-42-9-12-51(54(27-42)67-3)73-21-24-76-60/h7-12,25-27,31-36,61-63H,13-24,28-30,37-39H2,1-6H3. The number of methoxy groups -OCH3 is 6. The molecule has 0 unspecified atom stereocenters. The minimum absolute atomic E-state index is 0.265. The largest absolute Gasteiger partial charge is 0.493 e. The summed E-state index contributed by atoms with van der Waals surface area (Å²) in [5.41, 5.74) is 9.68. The molecule has 24 rings (SSSR count). The van der Waals surface area contributed by atoms with Crippen molar-refractivity contribution in [3.8, 4) is 69.0 Å². The maximum Gasteiger partial charge on any atom is 0.161 e. The second kappa shape index (κ2) is 26.5.